The van der Waals surface area contributed by atoms with Gasteiger partial charge >= 0.3 is 0 Å². The molecule has 0 radical (unpaired) electrons. The second-order valence-corrected chi connectivity index (χ2v) is 8.67. The van der Waals surface area contributed by atoms with Gasteiger partial charge in [-0.2, -0.15) is 0 Å². The highest BCUT2D eigenvalue weighted by Gasteiger charge is 2.19. The van der Waals surface area contributed by atoms with Crippen LogP contribution in [0.4, 0.5) is 5.69 Å². The fourth-order valence-corrected chi connectivity index (χ4v) is 4.63. The van der Waals surface area contributed by atoms with E-state index in [1.165, 1.54) is 38.9 Å². The number of nitro benzene ring substituents is 1. The molecule has 4 bridgehead atoms. The molecule has 0 N–H and O–H groups in total. The van der Waals surface area contributed by atoms with Crippen molar-refractivity contribution in [2.45, 2.75) is 52.9 Å². The normalized spacial score (nSPS) is 13.8. The maximum Gasteiger partial charge on any atom is 0.272 e. The second-order valence-electron chi connectivity index (χ2n) is 8.67. The van der Waals surface area contributed by atoms with Crippen LogP contribution in [0, 0.1) is 30.9 Å². The second kappa shape index (κ2) is 8.89. The lowest BCUT2D eigenvalue weighted by molar-refractivity contribution is -0.385. The zero-order valence-corrected chi connectivity index (χ0v) is 18.6. The molecule has 0 spiro atoms. The number of benzene rings is 3. The molecule has 4 rings (SSSR count). The Morgan fingerprint density at radius 1 is 0.742 bits per heavy atom. The largest absolute Gasteiger partial charge is 0.272 e. The van der Waals surface area contributed by atoms with Gasteiger partial charge in [0.15, 0.2) is 0 Å². The molecule has 31 heavy (non-hydrogen) atoms. The standard InChI is InChI=1S/C28H29NO2/c1-19-7-9-22(10-8-19)11-12-23-17-25-5-4-6-27-21(3)24(15-16-28(27)29(30)31)13-14-26(18-23)20(25)2/h7-12,15-18H,4-6,13-14H2,1-3H3/b12-11+. The SMILES string of the molecule is Cc1ccc(/C=C/c2cc3c(C)c(c2)CCc2ccc([N+](=O)[O-])c(c2C)CCC3)cc1. The van der Waals surface area contributed by atoms with E-state index in [0.29, 0.717) is 0 Å². The van der Waals surface area contributed by atoms with E-state index >= 15 is 0 Å². The summed E-state index contributed by atoms with van der Waals surface area (Å²) in [6.45, 7) is 6.37. The Balaban J connectivity index is 1.68. The van der Waals surface area contributed by atoms with Gasteiger partial charge in [-0.15, -0.1) is 0 Å². The zero-order valence-electron chi connectivity index (χ0n) is 18.6. The fourth-order valence-electron chi connectivity index (χ4n) is 4.63. The number of nitrogens with zero attached hydrogens (tertiary/aromatic N) is 1. The molecule has 0 unspecified atom stereocenters. The maximum atomic E-state index is 11.5. The average Bonchev–Trinajstić information content (AvgIpc) is 2.75. The maximum absolute atomic E-state index is 11.5. The fraction of sp³-hybridized carbons (Fsp3) is 0.286. The first-order valence-electron chi connectivity index (χ1n) is 11.1. The molecule has 0 amide bonds. The topological polar surface area (TPSA) is 43.1 Å². The summed E-state index contributed by atoms with van der Waals surface area (Å²) in [4.78, 5) is 11.3. The van der Waals surface area contributed by atoms with Gasteiger partial charge in [-0.25, -0.2) is 0 Å². The molecule has 158 valence electrons. The first kappa shape index (κ1) is 21.0. The molecule has 0 heterocycles. The summed E-state index contributed by atoms with van der Waals surface area (Å²) in [6.07, 6.45) is 8.82. The highest BCUT2D eigenvalue weighted by Crippen LogP contribution is 2.30. The quantitative estimate of drug-likeness (QED) is 0.265. The summed E-state index contributed by atoms with van der Waals surface area (Å²) >= 11 is 0. The van der Waals surface area contributed by atoms with Crippen LogP contribution in [0.5, 0.6) is 0 Å². The minimum atomic E-state index is -0.231. The third-order valence-electron chi connectivity index (χ3n) is 6.61. The number of rotatable bonds is 3. The summed E-state index contributed by atoms with van der Waals surface area (Å²) in [6, 6.07) is 16.8. The van der Waals surface area contributed by atoms with Crippen molar-refractivity contribution in [1.29, 1.82) is 0 Å². The summed E-state index contributed by atoms with van der Waals surface area (Å²) in [5.74, 6) is 0. The van der Waals surface area contributed by atoms with Crippen molar-refractivity contribution < 1.29 is 4.92 Å². The Morgan fingerprint density at radius 2 is 1.39 bits per heavy atom. The van der Waals surface area contributed by atoms with Gasteiger partial charge in [0.25, 0.3) is 5.69 Å². The molecule has 3 nitrogen and oxygen atoms in total. The molecule has 3 aromatic rings. The molecule has 0 aliphatic heterocycles. The van der Waals surface area contributed by atoms with Crippen molar-refractivity contribution in [3.8, 4) is 0 Å². The van der Waals surface area contributed by atoms with E-state index in [-0.39, 0.29) is 10.6 Å². The highest BCUT2D eigenvalue weighted by atomic mass is 16.6. The summed E-state index contributed by atoms with van der Waals surface area (Å²) in [5.41, 5.74) is 11.3. The highest BCUT2D eigenvalue weighted by molar-refractivity contribution is 5.70. The van der Waals surface area contributed by atoms with Gasteiger partial charge in [0.2, 0.25) is 0 Å². The number of hydrogen-bond donors (Lipinski definition) is 0. The van der Waals surface area contributed by atoms with E-state index in [4.69, 9.17) is 0 Å². The molecule has 0 saturated heterocycles. The van der Waals surface area contributed by atoms with E-state index in [0.717, 1.165) is 43.2 Å². The molecule has 3 aromatic carbocycles. The smallest absolute Gasteiger partial charge is 0.258 e. The van der Waals surface area contributed by atoms with Gasteiger partial charge in [0.1, 0.15) is 0 Å². The third-order valence-corrected chi connectivity index (χ3v) is 6.61. The van der Waals surface area contributed by atoms with Crippen LogP contribution in [0.1, 0.15) is 56.5 Å². The molecule has 1 aliphatic carbocycles. The van der Waals surface area contributed by atoms with Crippen molar-refractivity contribution in [3.05, 3.63) is 109 Å². The van der Waals surface area contributed by atoms with Crippen LogP contribution in [0.15, 0.2) is 48.5 Å². The van der Waals surface area contributed by atoms with E-state index in [1.807, 2.05) is 13.0 Å². The Hall–Kier alpha value is -3.20. The van der Waals surface area contributed by atoms with Crippen LogP contribution in [0.25, 0.3) is 12.2 Å². The lowest BCUT2D eigenvalue weighted by Crippen LogP contribution is -2.03. The Morgan fingerprint density at radius 3 is 2.10 bits per heavy atom. The minimum Gasteiger partial charge on any atom is -0.258 e. The summed E-state index contributed by atoms with van der Waals surface area (Å²) in [5, 5.41) is 11.5. The van der Waals surface area contributed by atoms with E-state index in [1.54, 1.807) is 6.07 Å². The van der Waals surface area contributed by atoms with Crippen molar-refractivity contribution in [3.63, 3.8) is 0 Å². The predicted octanol–water partition coefficient (Wildman–Crippen LogP) is 6.96. The predicted molar refractivity (Wildman–Crippen MR) is 129 cm³/mol. The first-order valence-corrected chi connectivity index (χ1v) is 11.1. The average molecular weight is 412 g/mol. The van der Waals surface area contributed by atoms with Gasteiger partial charge in [-0.3, -0.25) is 10.1 Å². The molecule has 0 fully saturated rings. The van der Waals surface area contributed by atoms with Crippen molar-refractivity contribution in [1.82, 2.24) is 0 Å². The number of fused-ring (bicyclic) bond motifs is 4. The molecular formula is C28H29NO2. The Kier molecular flexibility index (Phi) is 6.03. The summed E-state index contributed by atoms with van der Waals surface area (Å²) in [7, 11) is 0. The van der Waals surface area contributed by atoms with E-state index in [9.17, 15) is 10.1 Å². The van der Waals surface area contributed by atoms with Crippen molar-refractivity contribution in [2.75, 3.05) is 0 Å². The van der Waals surface area contributed by atoms with Gasteiger partial charge in [-0.05, 0) is 91.8 Å². The van der Waals surface area contributed by atoms with Crippen LogP contribution in [0.2, 0.25) is 0 Å². The lowest BCUT2D eigenvalue weighted by atomic mass is 9.92. The monoisotopic (exact) mass is 411 g/mol. The molecule has 3 heteroatoms. The number of nitro groups is 1. The van der Waals surface area contributed by atoms with Crippen LogP contribution in [0.3, 0.4) is 0 Å². The van der Waals surface area contributed by atoms with E-state index in [2.05, 4.69) is 62.4 Å². The zero-order chi connectivity index (χ0) is 22.0. The first-order chi connectivity index (χ1) is 14.9. The number of aryl methyl sites for hydroxylation is 4. The lowest BCUT2D eigenvalue weighted by Gasteiger charge is -2.13. The van der Waals surface area contributed by atoms with Crippen LogP contribution >= 0.6 is 0 Å². The van der Waals surface area contributed by atoms with Crippen LogP contribution in [-0.4, -0.2) is 4.92 Å². The van der Waals surface area contributed by atoms with Crippen molar-refractivity contribution >= 4 is 17.8 Å². The van der Waals surface area contributed by atoms with Crippen molar-refractivity contribution in [2.24, 2.45) is 0 Å². The third kappa shape index (κ3) is 4.61. The minimum absolute atomic E-state index is 0.231. The van der Waals surface area contributed by atoms with Gasteiger partial charge in [0, 0.05) is 11.6 Å². The van der Waals surface area contributed by atoms with Crippen LogP contribution in [-0.2, 0) is 25.7 Å². The Bertz CT molecular complexity index is 1160. The van der Waals surface area contributed by atoms with E-state index < -0.39 is 0 Å². The van der Waals surface area contributed by atoms with Gasteiger partial charge in [-0.1, -0.05) is 60.2 Å². The van der Waals surface area contributed by atoms with Crippen LogP contribution < -0.4 is 0 Å². The van der Waals surface area contributed by atoms with Gasteiger partial charge < -0.3 is 0 Å². The molecule has 0 aromatic heterocycles. The Labute approximate surface area is 184 Å². The molecule has 0 saturated carbocycles. The summed E-state index contributed by atoms with van der Waals surface area (Å²) < 4.78 is 0. The molecular weight excluding hydrogens is 382 g/mol. The number of hydrogen-bond acceptors (Lipinski definition) is 2. The molecule has 0 atom stereocenters. The van der Waals surface area contributed by atoms with Gasteiger partial charge in [0.05, 0.1) is 4.92 Å². The molecule has 1 aliphatic rings.